The molecular formula is C16H33N. The van der Waals surface area contributed by atoms with E-state index >= 15 is 0 Å². The molecule has 2 unspecified atom stereocenters. The predicted octanol–water partition coefficient (Wildman–Crippen LogP) is 4.62. The zero-order valence-corrected chi connectivity index (χ0v) is 12.7. The van der Waals surface area contributed by atoms with Crippen molar-refractivity contribution in [2.45, 2.75) is 78.7 Å². The number of hydrogen-bond acceptors (Lipinski definition) is 1. The van der Waals surface area contributed by atoms with Gasteiger partial charge in [-0.05, 0) is 51.5 Å². The van der Waals surface area contributed by atoms with Crippen LogP contribution in [0.5, 0.6) is 0 Å². The summed E-state index contributed by atoms with van der Waals surface area (Å²) in [5.74, 6) is 2.83. The molecule has 0 heterocycles. The van der Waals surface area contributed by atoms with E-state index in [1.54, 1.807) is 0 Å². The number of nitrogens with one attached hydrogen (secondary N) is 1. The molecule has 1 aliphatic rings. The summed E-state index contributed by atoms with van der Waals surface area (Å²) < 4.78 is 0. The molecule has 1 N–H and O–H groups in total. The van der Waals surface area contributed by atoms with Gasteiger partial charge in [0.15, 0.2) is 0 Å². The quantitative estimate of drug-likeness (QED) is 0.713. The third-order valence-corrected chi connectivity index (χ3v) is 4.07. The van der Waals surface area contributed by atoms with Crippen molar-refractivity contribution in [2.24, 2.45) is 17.8 Å². The second-order valence-corrected chi connectivity index (χ2v) is 7.41. The Balaban J connectivity index is 2.24. The van der Waals surface area contributed by atoms with Gasteiger partial charge in [0.2, 0.25) is 0 Å². The van der Waals surface area contributed by atoms with Gasteiger partial charge in [-0.15, -0.1) is 0 Å². The largest absolute Gasteiger partial charge is 0.312 e. The van der Waals surface area contributed by atoms with Crippen molar-refractivity contribution < 1.29 is 0 Å². The molecule has 2 atom stereocenters. The Labute approximate surface area is 109 Å². The van der Waals surface area contributed by atoms with Gasteiger partial charge in [-0.1, -0.05) is 46.0 Å². The molecule has 0 aromatic rings. The highest BCUT2D eigenvalue weighted by atomic mass is 14.9. The first kappa shape index (κ1) is 15.0. The van der Waals surface area contributed by atoms with E-state index in [9.17, 15) is 0 Å². The van der Waals surface area contributed by atoms with Crippen molar-refractivity contribution in [3.63, 3.8) is 0 Å². The molecule has 0 spiro atoms. The zero-order valence-electron chi connectivity index (χ0n) is 12.7. The summed E-state index contributed by atoms with van der Waals surface area (Å²) in [6, 6.07) is 0. The third-order valence-electron chi connectivity index (χ3n) is 4.07. The van der Waals surface area contributed by atoms with Gasteiger partial charge >= 0.3 is 0 Å². The third kappa shape index (κ3) is 6.45. The zero-order chi connectivity index (χ0) is 12.9. The lowest BCUT2D eigenvalue weighted by Crippen LogP contribution is -2.39. The minimum Gasteiger partial charge on any atom is -0.312 e. The van der Waals surface area contributed by atoms with Crippen LogP contribution in [0.1, 0.15) is 73.1 Å². The Bertz CT molecular complexity index is 202. The highest BCUT2D eigenvalue weighted by Gasteiger charge is 2.27. The van der Waals surface area contributed by atoms with Crippen LogP contribution in [0.3, 0.4) is 0 Å². The first-order valence-electron chi connectivity index (χ1n) is 7.63. The van der Waals surface area contributed by atoms with Crippen LogP contribution in [-0.4, -0.2) is 12.1 Å². The summed E-state index contributed by atoms with van der Waals surface area (Å²) in [6.45, 7) is 12.7. The molecule has 0 aromatic heterocycles. The average Bonchev–Trinajstić information content (AvgIpc) is 2.61. The van der Waals surface area contributed by atoms with Crippen molar-refractivity contribution >= 4 is 0 Å². The van der Waals surface area contributed by atoms with Gasteiger partial charge in [0.1, 0.15) is 0 Å². The summed E-state index contributed by atoms with van der Waals surface area (Å²) in [6.07, 6.45) is 8.71. The first-order valence-corrected chi connectivity index (χ1v) is 7.63. The van der Waals surface area contributed by atoms with E-state index in [0.29, 0.717) is 0 Å². The maximum atomic E-state index is 3.69. The average molecular weight is 239 g/mol. The maximum absolute atomic E-state index is 3.69. The molecule has 1 fully saturated rings. The van der Waals surface area contributed by atoms with Crippen LogP contribution in [0.2, 0.25) is 0 Å². The Morgan fingerprint density at radius 2 is 1.76 bits per heavy atom. The van der Waals surface area contributed by atoms with Gasteiger partial charge < -0.3 is 5.32 Å². The molecule has 0 saturated heterocycles. The van der Waals surface area contributed by atoms with Crippen LogP contribution >= 0.6 is 0 Å². The number of hydrogen-bond donors (Lipinski definition) is 1. The van der Waals surface area contributed by atoms with E-state index in [1.807, 2.05) is 0 Å². The van der Waals surface area contributed by atoms with E-state index in [0.717, 1.165) is 17.8 Å². The topological polar surface area (TPSA) is 12.0 Å². The van der Waals surface area contributed by atoms with E-state index in [-0.39, 0.29) is 5.54 Å². The van der Waals surface area contributed by atoms with Crippen molar-refractivity contribution in [2.75, 3.05) is 6.54 Å². The molecule has 0 radical (unpaired) electrons. The second kappa shape index (κ2) is 6.78. The molecule has 1 aliphatic carbocycles. The summed E-state index contributed by atoms with van der Waals surface area (Å²) in [5.41, 5.74) is 0.283. The molecule has 102 valence electrons. The molecule has 1 saturated carbocycles. The maximum Gasteiger partial charge on any atom is 0.00966 e. The lowest BCUT2D eigenvalue weighted by molar-refractivity contribution is 0.298. The van der Waals surface area contributed by atoms with Gasteiger partial charge in [-0.3, -0.25) is 0 Å². The van der Waals surface area contributed by atoms with Crippen molar-refractivity contribution in [1.29, 1.82) is 0 Å². The molecule has 1 rings (SSSR count). The molecule has 0 aliphatic heterocycles. The van der Waals surface area contributed by atoms with E-state index < -0.39 is 0 Å². The van der Waals surface area contributed by atoms with Crippen LogP contribution < -0.4 is 5.32 Å². The summed E-state index contributed by atoms with van der Waals surface area (Å²) >= 11 is 0. The fraction of sp³-hybridized carbons (Fsp3) is 1.00. The molecule has 0 bridgehead atoms. The van der Waals surface area contributed by atoms with E-state index in [4.69, 9.17) is 0 Å². The fourth-order valence-electron chi connectivity index (χ4n) is 2.99. The fourth-order valence-corrected chi connectivity index (χ4v) is 2.99. The Kier molecular flexibility index (Phi) is 5.99. The van der Waals surface area contributed by atoms with Crippen molar-refractivity contribution in [3.8, 4) is 0 Å². The SMILES string of the molecule is CC(C)CCCC1CCCC1CNC(C)(C)C. The molecule has 1 heteroatoms. The highest BCUT2D eigenvalue weighted by Crippen LogP contribution is 2.35. The van der Waals surface area contributed by atoms with Crippen LogP contribution in [0, 0.1) is 17.8 Å². The standard InChI is InChI=1S/C16H33N/c1-13(2)8-6-9-14-10-7-11-15(14)12-17-16(3,4)5/h13-15,17H,6-12H2,1-5H3. The lowest BCUT2D eigenvalue weighted by atomic mass is 9.89. The monoisotopic (exact) mass is 239 g/mol. The van der Waals surface area contributed by atoms with Gasteiger partial charge in [0.05, 0.1) is 0 Å². The van der Waals surface area contributed by atoms with Gasteiger partial charge in [-0.25, -0.2) is 0 Å². The molecule has 0 amide bonds. The van der Waals surface area contributed by atoms with Crippen LogP contribution in [-0.2, 0) is 0 Å². The van der Waals surface area contributed by atoms with E-state index in [2.05, 4.69) is 39.9 Å². The Hall–Kier alpha value is -0.0400. The smallest absolute Gasteiger partial charge is 0.00966 e. The summed E-state index contributed by atoms with van der Waals surface area (Å²) in [5, 5.41) is 3.69. The van der Waals surface area contributed by atoms with Gasteiger partial charge in [0.25, 0.3) is 0 Å². The van der Waals surface area contributed by atoms with Gasteiger partial charge in [0, 0.05) is 5.54 Å². The normalized spacial score (nSPS) is 25.8. The molecule has 17 heavy (non-hydrogen) atoms. The Morgan fingerprint density at radius 1 is 1.12 bits per heavy atom. The van der Waals surface area contributed by atoms with Crippen molar-refractivity contribution in [3.05, 3.63) is 0 Å². The second-order valence-electron chi connectivity index (χ2n) is 7.41. The van der Waals surface area contributed by atoms with E-state index in [1.165, 1.54) is 45.1 Å². The lowest BCUT2D eigenvalue weighted by Gasteiger charge is -2.26. The summed E-state index contributed by atoms with van der Waals surface area (Å²) in [7, 11) is 0. The van der Waals surface area contributed by atoms with Gasteiger partial charge in [-0.2, -0.15) is 0 Å². The minimum atomic E-state index is 0.283. The Morgan fingerprint density at radius 3 is 2.35 bits per heavy atom. The predicted molar refractivity (Wildman–Crippen MR) is 77.3 cm³/mol. The van der Waals surface area contributed by atoms with Crippen LogP contribution in [0.25, 0.3) is 0 Å². The molecule has 1 nitrogen and oxygen atoms in total. The summed E-state index contributed by atoms with van der Waals surface area (Å²) in [4.78, 5) is 0. The number of rotatable bonds is 6. The highest BCUT2D eigenvalue weighted by molar-refractivity contribution is 4.82. The first-order chi connectivity index (χ1) is 7.88. The van der Waals surface area contributed by atoms with Crippen molar-refractivity contribution in [1.82, 2.24) is 5.32 Å². The molecular weight excluding hydrogens is 206 g/mol. The van der Waals surface area contributed by atoms with Crippen LogP contribution in [0.4, 0.5) is 0 Å². The van der Waals surface area contributed by atoms with Crippen LogP contribution in [0.15, 0.2) is 0 Å². The molecule has 0 aromatic carbocycles. The minimum absolute atomic E-state index is 0.283.